The van der Waals surface area contributed by atoms with E-state index < -0.39 is 23.4 Å². The maximum atomic E-state index is 14.3. The van der Waals surface area contributed by atoms with E-state index in [1.165, 1.54) is 18.2 Å². The van der Waals surface area contributed by atoms with Crippen LogP contribution < -0.4 is 0 Å². The van der Waals surface area contributed by atoms with Crippen LogP contribution in [-0.2, 0) is 0 Å². The molecular formula is C18H13F3. The molecule has 1 atom stereocenters. The smallest absolute Gasteiger partial charge is 0.162 e. The van der Waals surface area contributed by atoms with Gasteiger partial charge in [0.05, 0.1) is 0 Å². The first kappa shape index (κ1) is 13.7. The average molecular weight is 286 g/mol. The molecule has 2 aromatic rings. The van der Waals surface area contributed by atoms with Gasteiger partial charge < -0.3 is 0 Å². The van der Waals surface area contributed by atoms with Crippen molar-refractivity contribution in [2.45, 2.75) is 12.3 Å². The van der Waals surface area contributed by atoms with Crippen molar-refractivity contribution < 1.29 is 13.2 Å². The van der Waals surface area contributed by atoms with Crippen molar-refractivity contribution in [3.8, 4) is 0 Å². The quantitative estimate of drug-likeness (QED) is 0.694. The summed E-state index contributed by atoms with van der Waals surface area (Å²) < 4.78 is 41.3. The van der Waals surface area contributed by atoms with Gasteiger partial charge in [-0.05, 0) is 29.7 Å². The van der Waals surface area contributed by atoms with Gasteiger partial charge in [0.15, 0.2) is 11.6 Å². The number of allylic oxidation sites excluding steroid dienone is 4. The molecule has 0 bridgehead atoms. The van der Waals surface area contributed by atoms with E-state index in [0.717, 1.165) is 11.6 Å². The topological polar surface area (TPSA) is 0 Å². The minimum absolute atomic E-state index is 0.188. The normalized spacial score (nSPS) is 18.1. The maximum absolute atomic E-state index is 14.3. The number of hydrogen-bond acceptors (Lipinski definition) is 0. The predicted octanol–water partition coefficient (Wildman–Crippen LogP) is 5.39. The summed E-state index contributed by atoms with van der Waals surface area (Å²) in [5, 5.41) is 0. The summed E-state index contributed by atoms with van der Waals surface area (Å²) in [5.74, 6) is -2.68. The molecule has 1 aliphatic carbocycles. The molecule has 0 N–H and O–H groups in total. The van der Waals surface area contributed by atoms with Crippen LogP contribution >= 0.6 is 0 Å². The fourth-order valence-electron chi connectivity index (χ4n) is 2.57. The zero-order valence-corrected chi connectivity index (χ0v) is 11.2. The van der Waals surface area contributed by atoms with E-state index in [2.05, 4.69) is 0 Å². The molecule has 0 saturated heterocycles. The molecule has 2 aromatic carbocycles. The maximum Gasteiger partial charge on any atom is 0.162 e. The van der Waals surface area contributed by atoms with Crippen molar-refractivity contribution in [3.63, 3.8) is 0 Å². The molecule has 0 nitrogen and oxygen atoms in total. The van der Waals surface area contributed by atoms with Gasteiger partial charge in [0.25, 0.3) is 0 Å². The first-order valence-electron chi connectivity index (χ1n) is 6.74. The van der Waals surface area contributed by atoms with Crippen molar-refractivity contribution in [2.75, 3.05) is 0 Å². The monoisotopic (exact) mass is 286 g/mol. The van der Waals surface area contributed by atoms with Crippen LogP contribution in [0.2, 0.25) is 0 Å². The third kappa shape index (κ3) is 2.64. The fraction of sp³-hybridized carbons (Fsp3) is 0.111. The second kappa shape index (κ2) is 5.60. The minimum Gasteiger partial charge on any atom is -0.207 e. The Labute approximate surface area is 121 Å². The highest BCUT2D eigenvalue weighted by atomic mass is 19.2. The van der Waals surface area contributed by atoms with Gasteiger partial charge in [-0.3, -0.25) is 0 Å². The molecule has 0 heterocycles. The van der Waals surface area contributed by atoms with Gasteiger partial charge in [-0.2, -0.15) is 0 Å². The summed E-state index contributed by atoms with van der Waals surface area (Å²) in [7, 11) is 0. The van der Waals surface area contributed by atoms with Crippen LogP contribution in [0.5, 0.6) is 0 Å². The van der Waals surface area contributed by atoms with E-state index in [4.69, 9.17) is 0 Å². The molecule has 106 valence electrons. The molecule has 1 aliphatic rings. The lowest BCUT2D eigenvalue weighted by molar-refractivity contribution is 0.493. The molecule has 21 heavy (non-hydrogen) atoms. The predicted molar refractivity (Wildman–Crippen MR) is 77.3 cm³/mol. The fourth-order valence-corrected chi connectivity index (χ4v) is 2.57. The van der Waals surface area contributed by atoms with Gasteiger partial charge in [0.2, 0.25) is 0 Å². The molecular weight excluding hydrogens is 273 g/mol. The molecule has 3 rings (SSSR count). The summed E-state index contributed by atoms with van der Waals surface area (Å²) in [6.07, 6.45) is 3.54. The van der Waals surface area contributed by atoms with Crippen molar-refractivity contribution in [1.29, 1.82) is 0 Å². The van der Waals surface area contributed by atoms with Crippen LogP contribution in [-0.4, -0.2) is 0 Å². The van der Waals surface area contributed by atoms with Crippen LogP contribution in [0.1, 0.15) is 23.5 Å². The second-order valence-electron chi connectivity index (χ2n) is 4.98. The third-order valence-corrected chi connectivity index (χ3v) is 3.65. The zero-order valence-electron chi connectivity index (χ0n) is 11.2. The molecule has 0 radical (unpaired) electrons. The summed E-state index contributed by atoms with van der Waals surface area (Å²) in [6.45, 7) is 0. The van der Waals surface area contributed by atoms with Crippen LogP contribution in [0.25, 0.3) is 5.57 Å². The lowest BCUT2D eigenvalue weighted by Crippen LogP contribution is -2.05. The Morgan fingerprint density at radius 2 is 1.62 bits per heavy atom. The second-order valence-corrected chi connectivity index (χ2v) is 4.98. The van der Waals surface area contributed by atoms with Gasteiger partial charge in [0.1, 0.15) is 5.83 Å². The summed E-state index contributed by atoms with van der Waals surface area (Å²) in [6, 6.07) is 13.2. The van der Waals surface area contributed by atoms with Gasteiger partial charge in [-0.15, -0.1) is 0 Å². The van der Waals surface area contributed by atoms with E-state index in [0.29, 0.717) is 12.0 Å². The van der Waals surface area contributed by atoms with Gasteiger partial charge in [0, 0.05) is 11.5 Å². The van der Waals surface area contributed by atoms with Crippen LogP contribution in [0.4, 0.5) is 13.2 Å². The molecule has 0 saturated carbocycles. The van der Waals surface area contributed by atoms with Crippen LogP contribution in [0, 0.1) is 11.6 Å². The molecule has 0 amide bonds. The Bertz CT molecular complexity index is 714. The Kier molecular flexibility index (Phi) is 3.65. The highest BCUT2D eigenvalue weighted by Crippen LogP contribution is 2.36. The largest absolute Gasteiger partial charge is 0.207 e. The lowest BCUT2D eigenvalue weighted by Gasteiger charge is -2.19. The molecule has 0 spiro atoms. The number of benzene rings is 2. The van der Waals surface area contributed by atoms with Crippen molar-refractivity contribution >= 4 is 5.57 Å². The molecule has 0 aliphatic heterocycles. The first-order chi connectivity index (χ1) is 10.2. The van der Waals surface area contributed by atoms with E-state index in [1.54, 1.807) is 6.08 Å². The standard InChI is InChI=1S/C18H13F3/c19-16-8-4-7-15(18(16)21)13-9-10-14(17(20)11-13)12-5-2-1-3-6-12/h1-8,10-11,13H,9H2. The number of hydrogen-bond donors (Lipinski definition) is 0. The SMILES string of the molecule is FC1=CC(c2cccc(F)c2F)CC=C1c1ccccc1. The summed E-state index contributed by atoms with van der Waals surface area (Å²) in [4.78, 5) is 0. The molecule has 3 heteroatoms. The summed E-state index contributed by atoms with van der Waals surface area (Å²) >= 11 is 0. The van der Waals surface area contributed by atoms with Crippen molar-refractivity contribution in [2.24, 2.45) is 0 Å². The Morgan fingerprint density at radius 3 is 2.33 bits per heavy atom. The average Bonchev–Trinajstić information content (AvgIpc) is 2.51. The summed E-state index contributed by atoms with van der Waals surface area (Å²) in [5.41, 5.74) is 1.47. The zero-order chi connectivity index (χ0) is 14.8. The van der Waals surface area contributed by atoms with Gasteiger partial charge >= 0.3 is 0 Å². The third-order valence-electron chi connectivity index (χ3n) is 3.65. The molecule has 0 fully saturated rings. The van der Waals surface area contributed by atoms with Crippen LogP contribution in [0.15, 0.2) is 66.5 Å². The van der Waals surface area contributed by atoms with Gasteiger partial charge in [-0.1, -0.05) is 48.5 Å². The minimum atomic E-state index is -0.904. The van der Waals surface area contributed by atoms with Crippen LogP contribution in [0.3, 0.4) is 0 Å². The molecule has 1 unspecified atom stereocenters. The lowest BCUT2D eigenvalue weighted by atomic mass is 9.87. The number of halogens is 3. The highest BCUT2D eigenvalue weighted by Gasteiger charge is 2.21. The Balaban J connectivity index is 1.92. The first-order valence-corrected chi connectivity index (χ1v) is 6.74. The van der Waals surface area contributed by atoms with E-state index in [9.17, 15) is 13.2 Å². The van der Waals surface area contributed by atoms with E-state index in [-0.39, 0.29) is 5.56 Å². The van der Waals surface area contributed by atoms with Crippen molar-refractivity contribution in [3.05, 3.63) is 89.3 Å². The van der Waals surface area contributed by atoms with Crippen molar-refractivity contribution in [1.82, 2.24) is 0 Å². The van der Waals surface area contributed by atoms with E-state index in [1.807, 2.05) is 30.3 Å². The Morgan fingerprint density at radius 1 is 0.857 bits per heavy atom. The van der Waals surface area contributed by atoms with E-state index >= 15 is 0 Å². The van der Waals surface area contributed by atoms with Gasteiger partial charge in [-0.25, -0.2) is 13.2 Å². The molecule has 0 aromatic heterocycles. The highest BCUT2D eigenvalue weighted by molar-refractivity contribution is 5.78. The Hall–Kier alpha value is -2.29. The number of rotatable bonds is 2.